The van der Waals surface area contributed by atoms with Crippen molar-refractivity contribution in [1.82, 2.24) is 4.98 Å². The van der Waals surface area contributed by atoms with Gasteiger partial charge in [0.15, 0.2) is 0 Å². The van der Waals surface area contributed by atoms with Crippen molar-refractivity contribution in [3.8, 4) is 11.3 Å². The molecule has 0 aliphatic rings. The summed E-state index contributed by atoms with van der Waals surface area (Å²) in [5, 5.41) is 2.46. The topological polar surface area (TPSA) is 24.9 Å². The van der Waals surface area contributed by atoms with E-state index >= 15 is 0 Å². The average Bonchev–Trinajstić information content (AvgIpc) is 3.13. The molecule has 31 heavy (non-hydrogen) atoms. The van der Waals surface area contributed by atoms with Crippen molar-refractivity contribution >= 4 is 46.1 Å². The van der Waals surface area contributed by atoms with Gasteiger partial charge in [-0.15, -0.1) is 11.3 Å². The summed E-state index contributed by atoms with van der Waals surface area (Å²) in [5.74, 6) is 0. The van der Waals surface area contributed by atoms with Gasteiger partial charge in [-0.3, -0.25) is 0 Å². The molecule has 2 aromatic rings. The fourth-order valence-electron chi connectivity index (χ4n) is 2.39. The van der Waals surface area contributed by atoms with Crippen LogP contribution in [0.3, 0.4) is 0 Å². The Morgan fingerprint density at radius 3 is 2.55 bits per heavy atom. The lowest BCUT2D eigenvalue weighted by atomic mass is 10.1. The van der Waals surface area contributed by atoms with Crippen LogP contribution in [0, 0.1) is 0 Å². The van der Waals surface area contributed by atoms with Gasteiger partial charge in [0, 0.05) is 28.6 Å². The number of aromatic nitrogens is 1. The molecule has 0 fully saturated rings. The summed E-state index contributed by atoms with van der Waals surface area (Å²) in [5.41, 5.74) is -2.32. The van der Waals surface area contributed by atoms with Crippen LogP contribution < -0.4 is 4.72 Å². The predicted molar refractivity (Wildman–Crippen MR) is 117 cm³/mol. The fourth-order valence-corrected chi connectivity index (χ4v) is 3.84. The molecule has 0 spiro atoms. The summed E-state index contributed by atoms with van der Waals surface area (Å²) in [6, 6.07) is 4.35. The normalized spacial score (nSPS) is 13.1. The first-order valence-electron chi connectivity index (χ1n) is 8.73. The van der Waals surface area contributed by atoms with Crippen molar-refractivity contribution in [2.45, 2.75) is 31.5 Å². The molecule has 0 unspecified atom stereocenters. The lowest BCUT2D eigenvalue weighted by Gasteiger charge is -2.09. The molecule has 2 rings (SSSR count). The molecule has 0 saturated carbocycles. The third-order valence-corrected chi connectivity index (χ3v) is 5.49. The van der Waals surface area contributed by atoms with Crippen molar-refractivity contribution in [2.75, 3.05) is 4.72 Å². The summed E-state index contributed by atoms with van der Waals surface area (Å²) in [4.78, 5) is 4.48. The molecular formula is C20H17ClF6N2S2. The molecule has 0 saturated heterocycles. The highest BCUT2D eigenvalue weighted by atomic mass is 35.5. The fraction of sp³-hybridized carbons (Fsp3) is 0.250. The Morgan fingerprint density at radius 1 is 1.26 bits per heavy atom. The van der Waals surface area contributed by atoms with Gasteiger partial charge in [0.1, 0.15) is 5.01 Å². The number of rotatable bonds is 8. The van der Waals surface area contributed by atoms with Crippen LogP contribution >= 0.6 is 34.9 Å². The van der Waals surface area contributed by atoms with Gasteiger partial charge in [0.2, 0.25) is 0 Å². The number of alkyl halides is 6. The second kappa shape index (κ2) is 10.6. The standard InChI is InChI=1S/C20H17ClF6N2S2/c1-3-4-13(9-12(2)7-8-19(22,23)24)18-28-17(11-30-18)15-6-5-14(10-16(15)21)29-31-20(25,26)27/h3-6,9-11,29H,2,7-8H2,1H3/b4-3-,13-9+. The molecule has 0 amide bonds. The molecule has 1 aromatic heterocycles. The largest absolute Gasteiger partial charge is 0.461 e. The number of nitrogens with zero attached hydrogens (tertiary/aromatic N) is 1. The molecule has 11 heteroatoms. The molecule has 0 atom stereocenters. The Hall–Kier alpha value is -1.91. The molecule has 1 heterocycles. The van der Waals surface area contributed by atoms with Crippen LogP contribution in [0.5, 0.6) is 0 Å². The number of allylic oxidation sites excluding steroid dienone is 5. The summed E-state index contributed by atoms with van der Waals surface area (Å²) >= 11 is 7.09. The van der Waals surface area contributed by atoms with E-state index in [0.717, 1.165) is 0 Å². The molecule has 0 aliphatic heterocycles. The Kier molecular flexibility index (Phi) is 8.67. The minimum absolute atomic E-state index is 0.182. The smallest absolute Gasteiger partial charge is 0.323 e. The minimum Gasteiger partial charge on any atom is -0.323 e. The van der Waals surface area contributed by atoms with Gasteiger partial charge in [-0.1, -0.05) is 35.9 Å². The number of thiazole rings is 1. The van der Waals surface area contributed by atoms with Gasteiger partial charge in [-0.25, -0.2) is 4.98 Å². The lowest BCUT2D eigenvalue weighted by molar-refractivity contribution is -0.133. The maximum atomic E-state index is 12.4. The highest BCUT2D eigenvalue weighted by Gasteiger charge is 2.29. The van der Waals surface area contributed by atoms with E-state index in [-0.39, 0.29) is 17.1 Å². The second-order valence-corrected chi connectivity index (χ2v) is 8.39. The number of anilines is 1. The monoisotopic (exact) mass is 498 g/mol. The predicted octanol–water partition coefficient (Wildman–Crippen LogP) is 8.90. The van der Waals surface area contributed by atoms with Gasteiger partial charge >= 0.3 is 11.7 Å². The van der Waals surface area contributed by atoms with E-state index in [4.69, 9.17) is 11.6 Å². The molecule has 0 bridgehead atoms. The van der Waals surface area contributed by atoms with Gasteiger partial charge in [-0.05, 0) is 37.6 Å². The van der Waals surface area contributed by atoms with Crippen LogP contribution in [-0.2, 0) is 0 Å². The summed E-state index contributed by atoms with van der Waals surface area (Å²) in [6.45, 7) is 5.45. The molecular weight excluding hydrogens is 482 g/mol. The number of hydrogen-bond acceptors (Lipinski definition) is 4. The zero-order valence-electron chi connectivity index (χ0n) is 16.1. The first kappa shape index (κ1) is 25.4. The molecule has 0 aliphatic carbocycles. The average molecular weight is 499 g/mol. The van der Waals surface area contributed by atoms with Gasteiger partial charge in [0.05, 0.1) is 22.7 Å². The van der Waals surface area contributed by atoms with E-state index in [1.165, 1.54) is 23.5 Å². The Bertz CT molecular complexity index is 977. The maximum absolute atomic E-state index is 12.4. The van der Waals surface area contributed by atoms with Crippen LogP contribution in [0.4, 0.5) is 32.0 Å². The Labute approximate surface area is 188 Å². The maximum Gasteiger partial charge on any atom is 0.461 e. The van der Waals surface area contributed by atoms with E-state index < -0.39 is 30.1 Å². The minimum atomic E-state index is -4.44. The molecule has 0 radical (unpaired) electrons. The van der Waals surface area contributed by atoms with E-state index in [2.05, 4.69) is 16.3 Å². The summed E-state index contributed by atoms with van der Waals surface area (Å²) < 4.78 is 76.4. The van der Waals surface area contributed by atoms with Crippen LogP contribution in [0.15, 0.2) is 54.0 Å². The number of halogens is 7. The molecule has 1 N–H and O–H groups in total. The third-order valence-electron chi connectivity index (χ3n) is 3.72. The van der Waals surface area contributed by atoms with Crippen molar-refractivity contribution in [2.24, 2.45) is 0 Å². The van der Waals surface area contributed by atoms with Gasteiger partial charge in [0.25, 0.3) is 0 Å². The van der Waals surface area contributed by atoms with Crippen molar-refractivity contribution in [3.63, 3.8) is 0 Å². The van der Waals surface area contributed by atoms with E-state index in [9.17, 15) is 26.3 Å². The zero-order valence-corrected chi connectivity index (χ0v) is 18.5. The second-order valence-electron chi connectivity index (χ2n) is 6.26. The first-order valence-corrected chi connectivity index (χ1v) is 10.8. The lowest BCUT2D eigenvalue weighted by Crippen LogP contribution is -2.06. The van der Waals surface area contributed by atoms with Crippen molar-refractivity contribution in [1.29, 1.82) is 0 Å². The highest BCUT2D eigenvalue weighted by molar-refractivity contribution is 8.01. The van der Waals surface area contributed by atoms with Crippen molar-refractivity contribution in [3.05, 3.63) is 64.0 Å². The Morgan fingerprint density at radius 2 is 1.97 bits per heavy atom. The van der Waals surface area contributed by atoms with E-state index in [1.54, 1.807) is 36.6 Å². The number of benzene rings is 1. The summed E-state index contributed by atoms with van der Waals surface area (Å²) in [7, 11) is 0. The number of nitrogens with one attached hydrogen (secondary N) is 1. The van der Waals surface area contributed by atoms with Crippen LogP contribution in [0.25, 0.3) is 16.8 Å². The first-order chi connectivity index (χ1) is 14.4. The van der Waals surface area contributed by atoms with Gasteiger partial charge in [-0.2, -0.15) is 26.3 Å². The Balaban J connectivity index is 2.21. The van der Waals surface area contributed by atoms with Gasteiger partial charge < -0.3 is 4.72 Å². The number of hydrogen-bond donors (Lipinski definition) is 1. The zero-order chi connectivity index (χ0) is 23.2. The SMILES string of the molecule is C=C(/C=C(\C=C/C)c1nc(-c2ccc(NSC(F)(F)F)cc2Cl)cs1)CCC(F)(F)F. The molecule has 2 nitrogen and oxygen atoms in total. The highest BCUT2D eigenvalue weighted by Crippen LogP contribution is 2.36. The van der Waals surface area contributed by atoms with E-state index in [0.29, 0.717) is 27.4 Å². The van der Waals surface area contributed by atoms with Crippen LogP contribution in [0.1, 0.15) is 24.8 Å². The molecule has 1 aromatic carbocycles. The van der Waals surface area contributed by atoms with Crippen LogP contribution in [-0.4, -0.2) is 16.7 Å². The quantitative estimate of drug-likeness (QED) is 0.223. The molecule has 168 valence electrons. The summed E-state index contributed by atoms with van der Waals surface area (Å²) in [6.07, 6.45) is -0.449. The van der Waals surface area contributed by atoms with Crippen molar-refractivity contribution < 1.29 is 26.3 Å². The van der Waals surface area contributed by atoms with E-state index in [1.807, 2.05) is 0 Å². The third kappa shape index (κ3) is 8.62. The van der Waals surface area contributed by atoms with Crippen LogP contribution in [0.2, 0.25) is 5.02 Å².